The number of carbonyl (C=O) groups is 2. The number of ether oxygens (including phenoxy) is 3. The second kappa shape index (κ2) is 10.8. The van der Waals surface area contributed by atoms with E-state index in [1.165, 1.54) is 18.9 Å². The van der Waals surface area contributed by atoms with Crippen LogP contribution >= 0.6 is 23.4 Å². The highest BCUT2D eigenvalue weighted by molar-refractivity contribution is 8.04. The number of nitrogens with one attached hydrogen (secondary N) is 1. The van der Waals surface area contributed by atoms with Gasteiger partial charge in [0.05, 0.1) is 32.2 Å². The number of hydrogen-bond donors (Lipinski definition) is 1. The van der Waals surface area contributed by atoms with Gasteiger partial charge in [-0.15, -0.1) is 0 Å². The van der Waals surface area contributed by atoms with E-state index in [1.807, 2.05) is 6.92 Å². The lowest BCUT2D eigenvalue weighted by molar-refractivity contribution is -0.120. The Morgan fingerprint density at radius 2 is 1.57 bits per heavy atom. The molecule has 9 heteroatoms. The Morgan fingerprint density at radius 3 is 2.20 bits per heavy atom. The monoisotopic (exact) mass is 510 g/mol. The molecule has 0 aromatic heterocycles. The lowest BCUT2D eigenvalue weighted by Gasteiger charge is -2.16. The summed E-state index contributed by atoms with van der Waals surface area (Å²) in [7, 11) is 3.07. The highest BCUT2D eigenvalue weighted by Crippen LogP contribution is 2.40. The van der Waals surface area contributed by atoms with Crippen molar-refractivity contribution >= 4 is 46.6 Å². The van der Waals surface area contributed by atoms with Gasteiger partial charge in [-0.1, -0.05) is 23.4 Å². The Hall–Kier alpha value is -3.62. The van der Waals surface area contributed by atoms with E-state index in [4.69, 9.17) is 25.8 Å². The molecule has 7 nitrogen and oxygen atoms in total. The quantitative estimate of drug-likeness (QED) is 0.367. The van der Waals surface area contributed by atoms with Crippen molar-refractivity contribution in [3.63, 3.8) is 0 Å². The van der Waals surface area contributed by atoms with Crippen molar-refractivity contribution in [1.29, 1.82) is 0 Å². The molecule has 0 atom stereocenters. The van der Waals surface area contributed by atoms with Crippen molar-refractivity contribution in [3.8, 4) is 17.2 Å². The second-order valence-electron chi connectivity index (χ2n) is 7.32. The van der Waals surface area contributed by atoms with Crippen LogP contribution in [0.1, 0.15) is 6.92 Å². The topological polar surface area (TPSA) is 77.1 Å². The number of hydrogen-bond acceptors (Lipinski definition) is 7. The molecule has 0 saturated carbocycles. The van der Waals surface area contributed by atoms with Crippen LogP contribution in [-0.2, 0) is 9.59 Å². The van der Waals surface area contributed by atoms with Crippen LogP contribution < -0.4 is 24.4 Å². The smallest absolute Gasteiger partial charge is 0.283 e. The summed E-state index contributed by atoms with van der Waals surface area (Å²) in [5.41, 5.74) is 1.06. The lowest BCUT2D eigenvalue weighted by Crippen LogP contribution is -2.32. The summed E-state index contributed by atoms with van der Waals surface area (Å²) in [6.07, 6.45) is 0. The second-order valence-corrected chi connectivity index (χ2v) is 8.84. The summed E-state index contributed by atoms with van der Waals surface area (Å²) in [5.74, 6) is 0.789. The van der Waals surface area contributed by atoms with E-state index in [9.17, 15) is 9.59 Å². The molecule has 1 N–H and O–H groups in total. The van der Waals surface area contributed by atoms with Gasteiger partial charge in [-0.3, -0.25) is 9.59 Å². The molecule has 1 aliphatic rings. The molecule has 0 saturated heterocycles. The normalized spacial score (nSPS) is 13.3. The third-order valence-corrected chi connectivity index (χ3v) is 6.49. The number of methoxy groups -OCH3 is 2. The van der Waals surface area contributed by atoms with E-state index in [-0.39, 0.29) is 10.6 Å². The van der Waals surface area contributed by atoms with Gasteiger partial charge in [0.1, 0.15) is 27.9 Å². The Bertz CT molecular complexity index is 1280. The first-order valence-electron chi connectivity index (χ1n) is 10.7. The fourth-order valence-electron chi connectivity index (χ4n) is 3.47. The van der Waals surface area contributed by atoms with Crippen molar-refractivity contribution in [2.45, 2.75) is 11.8 Å². The van der Waals surface area contributed by atoms with Crippen LogP contribution in [0.5, 0.6) is 17.2 Å². The van der Waals surface area contributed by atoms with Crippen LogP contribution in [0.4, 0.5) is 11.4 Å². The number of amides is 2. The number of carbonyl (C=O) groups excluding carboxylic acids is 2. The van der Waals surface area contributed by atoms with Crippen LogP contribution in [0, 0.1) is 0 Å². The molecular weight excluding hydrogens is 488 g/mol. The van der Waals surface area contributed by atoms with Gasteiger partial charge in [0.25, 0.3) is 11.8 Å². The Labute approximate surface area is 212 Å². The predicted octanol–water partition coefficient (Wildman–Crippen LogP) is 5.75. The van der Waals surface area contributed by atoms with Gasteiger partial charge in [-0.25, -0.2) is 4.90 Å². The van der Waals surface area contributed by atoms with Crippen LogP contribution in [-0.4, -0.2) is 32.6 Å². The lowest BCUT2D eigenvalue weighted by atomic mass is 10.2. The first-order chi connectivity index (χ1) is 16.9. The van der Waals surface area contributed by atoms with Gasteiger partial charge in [0.15, 0.2) is 0 Å². The van der Waals surface area contributed by atoms with Crippen LogP contribution in [0.25, 0.3) is 0 Å². The molecule has 0 fully saturated rings. The van der Waals surface area contributed by atoms with Gasteiger partial charge < -0.3 is 19.5 Å². The van der Waals surface area contributed by atoms with E-state index in [2.05, 4.69) is 5.32 Å². The Morgan fingerprint density at radius 1 is 0.886 bits per heavy atom. The maximum absolute atomic E-state index is 13.6. The number of anilines is 2. The van der Waals surface area contributed by atoms with Gasteiger partial charge in [0.2, 0.25) is 0 Å². The van der Waals surface area contributed by atoms with Crippen LogP contribution in [0.2, 0.25) is 5.02 Å². The minimum absolute atomic E-state index is 0.135. The Kier molecular flexibility index (Phi) is 7.53. The minimum atomic E-state index is -0.486. The molecule has 0 radical (unpaired) electrons. The molecule has 0 bridgehead atoms. The number of nitrogens with zero attached hydrogens (tertiary/aromatic N) is 1. The fraction of sp³-hybridized carbons (Fsp3) is 0.154. The van der Waals surface area contributed by atoms with Crippen LogP contribution in [0.3, 0.4) is 0 Å². The molecule has 3 aromatic carbocycles. The van der Waals surface area contributed by atoms with Gasteiger partial charge in [0, 0.05) is 16.0 Å². The number of imide groups is 1. The molecule has 3 aromatic rings. The van der Waals surface area contributed by atoms with E-state index < -0.39 is 11.8 Å². The largest absolute Gasteiger partial charge is 0.497 e. The van der Waals surface area contributed by atoms with E-state index >= 15 is 0 Å². The predicted molar refractivity (Wildman–Crippen MR) is 138 cm³/mol. The average molecular weight is 511 g/mol. The van der Waals surface area contributed by atoms with Gasteiger partial charge in [-0.05, 0) is 67.6 Å². The molecule has 180 valence electrons. The molecule has 1 heterocycles. The summed E-state index contributed by atoms with van der Waals surface area (Å²) >= 11 is 7.20. The van der Waals surface area contributed by atoms with Crippen molar-refractivity contribution in [2.75, 3.05) is 31.0 Å². The number of benzene rings is 3. The average Bonchev–Trinajstić information content (AvgIpc) is 3.10. The van der Waals surface area contributed by atoms with Crippen LogP contribution in [0.15, 0.2) is 82.2 Å². The van der Waals surface area contributed by atoms with Crippen molar-refractivity contribution in [3.05, 3.63) is 82.4 Å². The summed E-state index contributed by atoms with van der Waals surface area (Å²) in [6, 6.07) is 19.0. The summed E-state index contributed by atoms with van der Waals surface area (Å²) < 4.78 is 16.2. The van der Waals surface area contributed by atoms with Crippen molar-refractivity contribution in [1.82, 2.24) is 0 Å². The molecule has 2 amide bonds. The summed E-state index contributed by atoms with van der Waals surface area (Å²) in [5, 5.41) is 3.70. The minimum Gasteiger partial charge on any atom is -0.497 e. The standard InChI is InChI=1S/C26H23ClN2O5S/c1-4-34-18-9-7-17(8-10-18)29-25(30)23(28-21-15-19(32-2)11-14-22(21)33-3)24(26(29)31)35-20-12-5-16(27)6-13-20/h5-15,28H,4H2,1-3H3. The SMILES string of the molecule is CCOc1ccc(N2C(=O)C(Nc3cc(OC)ccc3OC)=C(Sc3ccc(Cl)cc3)C2=O)cc1. The van der Waals surface area contributed by atoms with E-state index in [0.717, 1.165) is 9.80 Å². The molecule has 0 aliphatic carbocycles. The van der Waals surface area contributed by atoms with Crippen molar-refractivity contribution < 1.29 is 23.8 Å². The molecular formula is C26H23ClN2O5S. The number of halogens is 1. The van der Waals surface area contributed by atoms with E-state index in [1.54, 1.807) is 73.8 Å². The zero-order chi connectivity index (χ0) is 24.9. The van der Waals surface area contributed by atoms with Gasteiger partial charge in [-0.2, -0.15) is 0 Å². The molecule has 1 aliphatic heterocycles. The Balaban J connectivity index is 1.75. The highest BCUT2D eigenvalue weighted by Gasteiger charge is 2.40. The zero-order valence-electron chi connectivity index (χ0n) is 19.3. The third-order valence-electron chi connectivity index (χ3n) is 5.15. The molecule has 0 unspecified atom stereocenters. The first-order valence-corrected chi connectivity index (χ1v) is 11.9. The third kappa shape index (κ3) is 5.23. The molecule has 35 heavy (non-hydrogen) atoms. The number of rotatable bonds is 9. The number of thioether (sulfide) groups is 1. The summed E-state index contributed by atoms with van der Waals surface area (Å²) in [4.78, 5) is 29.3. The maximum atomic E-state index is 13.6. The summed E-state index contributed by atoms with van der Waals surface area (Å²) in [6.45, 7) is 2.40. The van der Waals surface area contributed by atoms with Gasteiger partial charge >= 0.3 is 0 Å². The zero-order valence-corrected chi connectivity index (χ0v) is 20.9. The first kappa shape index (κ1) is 24.5. The maximum Gasteiger partial charge on any atom is 0.283 e. The molecule has 4 rings (SSSR count). The van der Waals surface area contributed by atoms with E-state index in [0.29, 0.717) is 40.3 Å². The van der Waals surface area contributed by atoms with Crippen molar-refractivity contribution in [2.24, 2.45) is 0 Å². The molecule has 0 spiro atoms. The fourth-order valence-corrected chi connectivity index (χ4v) is 4.53. The highest BCUT2D eigenvalue weighted by atomic mass is 35.5.